The molecule has 0 spiro atoms. The lowest BCUT2D eigenvalue weighted by atomic mass is 9.90. The van der Waals surface area contributed by atoms with E-state index in [1.807, 2.05) is 12.1 Å². The summed E-state index contributed by atoms with van der Waals surface area (Å²) in [6, 6.07) is 7.69. The van der Waals surface area contributed by atoms with Crippen molar-refractivity contribution in [3.63, 3.8) is 0 Å². The van der Waals surface area contributed by atoms with Gasteiger partial charge in [-0.25, -0.2) is 4.39 Å². The minimum atomic E-state index is -0.130. The number of rotatable bonds is 3. The summed E-state index contributed by atoms with van der Waals surface area (Å²) in [5.74, 6) is 0.623. The van der Waals surface area contributed by atoms with Crippen LogP contribution in [0.2, 0.25) is 0 Å². The van der Waals surface area contributed by atoms with Gasteiger partial charge in [0.2, 0.25) is 0 Å². The van der Waals surface area contributed by atoms with Crippen molar-refractivity contribution < 1.29 is 4.39 Å². The molecule has 0 radical (unpaired) electrons. The van der Waals surface area contributed by atoms with E-state index in [0.717, 1.165) is 32.1 Å². The Labute approximate surface area is 127 Å². The van der Waals surface area contributed by atoms with E-state index in [2.05, 4.69) is 10.2 Å². The molecule has 1 aliphatic carbocycles. The van der Waals surface area contributed by atoms with Crippen molar-refractivity contribution in [1.82, 2.24) is 10.2 Å². The Balaban J connectivity index is 0.00000147. The van der Waals surface area contributed by atoms with Crippen LogP contribution in [0, 0.1) is 11.7 Å². The Morgan fingerprint density at radius 2 is 1.65 bits per heavy atom. The van der Waals surface area contributed by atoms with Gasteiger partial charge >= 0.3 is 0 Å². The van der Waals surface area contributed by atoms with Crippen LogP contribution in [0.5, 0.6) is 0 Å². The predicted octanol–water partition coefficient (Wildman–Crippen LogP) is 3.38. The van der Waals surface area contributed by atoms with Gasteiger partial charge in [-0.1, -0.05) is 25.0 Å². The minimum Gasteiger partial charge on any atom is -0.314 e. The second kappa shape index (κ2) is 7.39. The molecule has 1 heterocycles. The van der Waals surface area contributed by atoms with E-state index in [4.69, 9.17) is 0 Å². The molecule has 1 aliphatic heterocycles. The quantitative estimate of drug-likeness (QED) is 0.920. The number of nitrogens with one attached hydrogen (secondary N) is 1. The van der Waals surface area contributed by atoms with Crippen LogP contribution in [0.4, 0.5) is 4.39 Å². The van der Waals surface area contributed by atoms with E-state index in [-0.39, 0.29) is 18.2 Å². The molecule has 4 heteroatoms. The zero-order valence-electron chi connectivity index (χ0n) is 11.9. The largest absolute Gasteiger partial charge is 0.314 e. The van der Waals surface area contributed by atoms with Gasteiger partial charge in [-0.3, -0.25) is 4.90 Å². The summed E-state index contributed by atoms with van der Waals surface area (Å²) in [6.45, 7) is 4.37. The molecule has 1 N–H and O–H groups in total. The molecule has 1 atom stereocenters. The van der Waals surface area contributed by atoms with Gasteiger partial charge in [-0.05, 0) is 36.5 Å². The Morgan fingerprint density at radius 3 is 2.25 bits per heavy atom. The monoisotopic (exact) mass is 298 g/mol. The van der Waals surface area contributed by atoms with Crippen molar-refractivity contribution >= 4 is 12.4 Å². The van der Waals surface area contributed by atoms with Crippen molar-refractivity contribution in [1.29, 1.82) is 0 Å². The Hall–Kier alpha value is -0.640. The van der Waals surface area contributed by atoms with Crippen LogP contribution in [-0.2, 0) is 0 Å². The highest BCUT2D eigenvalue weighted by Gasteiger charge is 2.31. The second-order valence-electron chi connectivity index (χ2n) is 5.83. The predicted molar refractivity (Wildman–Crippen MR) is 82.8 cm³/mol. The van der Waals surface area contributed by atoms with Gasteiger partial charge in [0.15, 0.2) is 0 Å². The van der Waals surface area contributed by atoms with Crippen LogP contribution in [0.15, 0.2) is 24.3 Å². The van der Waals surface area contributed by atoms with Crippen LogP contribution in [-0.4, -0.2) is 31.1 Å². The number of benzene rings is 1. The van der Waals surface area contributed by atoms with Gasteiger partial charge in [0.05, 0.1) is 0 Å². The first-order valence-corrected chi connectivity index (χ1v) is 7.55. The molecule has 1 aromatic rings. The number of piperazine rings is 1. The molecule has 3 rings (SSSR count). The first-order valence-electron chi connectivity index (χ1n) is 7.55. The lowest BCUT2D eigenvalue weighted by Crippen LogP contribution is -2.46. The molecule has 2 fully saturated rings. The molecule has 2 nitrogen and oxygen atoms in total. The average molecular weight is 299 g/mol. The standard InChI is InChI=1S/C16H23FN2.ClH/c17-15-7-5-14(6-8-15)16(13-3-1-2-4-13)19-11-9-18-10-12-19;/h5-8,13,16,18H,1-4,9-12H2;1H/t16-;/m0./s1. The molecule has 0 unspecified atom stereocenters. The molecule has 1 aromatic carbocycles. The number of hydrogen-bond acceptors (Lipinski definition) is 2. The van der Waals surface area contributed by atoms with E-state index in [1.165, 1.54) is 31.2 Å². The topological polar surface area (TPSA) is 15.3 Å². The summed E-state index contributed by atoms with van der Waals surface area (Å²) < 4.78 is 13.1. The lowest BCUT2D eigenvalue weighted by Gasteiger charge is -2.38. The van der Waals surface area contributed by atoms with E-state index in [0.29, 0.717) is 6.04 Å². The van der Waals surface area contributed by atoms with E-state index >= 15 is 0 Å². The fourth-order valence-corrected chi connectivity index (χ4v) is 3.67. The molecule has 0 bridgehead atoms. The Kier molecular flexibility index (Phi) is 5.82. The molecule has 20 heavy (non-hydrogen) atoms. The molecule has 0 amide bonds. The van der Waals surface area contributed by atoms with Crippen LogP contribution in [0.1, 0.15) is 37.3 Å². The normalized spacial score (nSPS) is 22.4. The molecule has 2 aliphatic rings. The van der Waals surface area contributed by atoms with Gasteiger partial charge in [0.25, 0.3) is 0 Å². The summed E-state index contributed by atoms with van der Waals surface area (Å²) in [5, 5.41) is 3.42. The molecule has 112 valence electrons. The van der Waals surface area contributed by atoms with Crippen molar-refractivity contribution in [2.45, 2.75) is 31.7 Å². The van der Waals surface area contributed by atoms with Gasteiger partial charge in [0.1, 0.15) is 5.82 Å². The maximum absolute atomic E-state index is 13.1. The van der Waals surface area contributed by atoms with Crippen molar-refractivity contribution in [2.24, 2.45) is 5.92 Å². The van der Waals surface area contributed by atoms with Crippen LogP contribution < -0.4 is 5.32 Å². The number of hydrogen-bond donors (Lipinski definition) is 1. The summed E-state index contributed by atoms with van der Waals surface area (Å²) in [7, 11) is 0. The van der Waals surface area contributed by atoms with E-state index in [9.17, 15) is 4.39 Å². The SMILES string of the molecule is Cl.Fc1ccc([C@H](C2CCCC2)N2CCNCC2)cc1. The maximum Gasteiger partial charge on any atom is 0.123 e. The fraction of sp³-hybridized carbons (Fsp3) is 0.625. The molecule has 1 saturated heterocycles. The van der Waals surface area contributed by atoms with Crippen LogP contribution in [0.3, 0.4) is 0 Å². The summed E-state index contributed by atoms with van der Waals surface area (Å²) in [6.07, 6.45) is 5.36. The van der Waals surface area contributed by atoms with E-state index < -0.39 is 0 Å². The third kappa shape index (κ3) is 3.51. The Morgan fingerprint density at radius 1 is 1.05 bits per heavy atom. The van der Waals surface area contributed by atoms with Gasteiger partial charge in [0, 0.05) is 32.2 Å². The average Bonchev–Trinajstić information content (AvgIpc) is 2.96. The van der Waals surface area contributed by atoms with Crippen molar-refractivity contribution in [3.05, 3.63) is 35.6 Å². The molecular weight excluding hydrogens is 275 g/mol. The summed E-state index contributed by atoms with van der Waals surface area (Å²) in [5.41, 5.74) is 1.30. The maximum atomic E-state index is 13.1. The lowest BCUT2D eigenvalue weighted by molar-refractivity contribution is 0.125. The number of nitrogens with zero attached hydrogens (tertiary/aromatic N) is 1. The first-order chi connectivity index (χ1) is 9.34. The van der Waals surface area contributed by atoms with Gasteiger partial charge in [-0.2, -0.15) is 0 Å². The number of halogens is 2. The zero-order chi connectivity index (χ0) is 13.1. The summed E-state index contributed by atoms with van der Waals surface area (Å²) in [4.78, 5) is 2.60. The highest BCUT2D eigenvalue weighted by Crippen LogP contribution is 2.39. The van der Waals surface area contributed by atoms with Crippen molar-refractivity contribution in [2.75, 3.05) is 26.2 Å². The van der Waals surface area contributed by atoms with Crippen molar-refractivity contribution in [3.8, 4) is 0 Å². The third-order valence-electron chi connectivity index (χ3n) is 4.60. The second-order valence-corrected chi connectivity index (χ2v) is 5.83. The highest BCUT2D eigenvalue weighted by atomic mass is 35.5. The summed E-state index contributed by atoms with van der Waals surface area (Å²) >= 11 is 0. The Bertz CT molecular complexity index is 397. The minimum absolute atomic E-state index is 0. The van der Waals surface area contributed by atoms with E-state index in [1.54, 1.807) is 12.1 Å². The first kappa shape index (κ1) is 15.7. The zero-order valence-corrected chi connectivity index (χ0v) is 12.7. The molecular formula is C16H24ClFN2. The molecule has 1 saturated carbocycles. The highest BCUT2D eigenvalue weighted by molar-refractivity contribution is 5.85. The van der Waals surface area contributed by atoms with Gasteiger partial charge < -0.3 is 5.32 Å². The smallest absolute Gasteiger partial charge is 0.123 e. The fourth-order valence-electron chi connectivity index (χ4n) is 3.67. The van der Waals surface area contributed by atoms with Crippen LogP contribution in [0.25, 0.3) is 0 Å². The van der Waals surface area contributed by atoms with Crippen LogP contribution >= 0.6 is 12.4 Å². The molecule has 0 aromatic heterocycles. The van der Waals surface area contributed by atoms with Gasteiger partial charge in [-0.15, -0.1) is 12.4 Å². The third-order valence-corrected chi connectivity index (χ3v) is 4.60.